The average Bonchev–Trinajstić information content (AvgIpc) is 2.64. The Balaban J connectivity index is 1.97. The molecule has 0 N–H and O–H groups in total. The summed E-state index contributed by atoms with van der Waals surface area (Å²) >= 11 is 1.74. The van der Waals surface area contributed by atoms with Crippen LogP contribution in [-0.4, -0.2) is 12.0 Å². The second-order valence-corrected chi connectivity index (χ2v) is 6.80. The first-order valence-corrected chi connectivity index (χ1v) is 9.13. The lowest BCUT2D eigenvalue weighted by Crippen LogP contribution is -2.03. The maximum atomic E-state index is 10.5. The molecule has 0 atom stereocenters. The normalized spacial score (nSPS) is 10.7. The Morgan fingerprint density at radius 2 is 1.33 bits per heavy atom. The first kappa shape index (κ1) is 16.5. The summed E-state index contributed by atoms with van der Waals surface area (Å²) in [6, 6.07) is 29.9. The van der Waals surface area contributed by atoms with Crippen molar-refractivity contribution in [2.24, 2.45) is 0 Å². The predicted molar refractivity (Wildman–Crippen MR) is 102 cm³/mol. The number of benzene rings is 3. The minimum Gasteiger partial charge on any atom is -0.303 e. The lowest BCUT2D eigenvalue weighted by Gasteiger charge is -2.19. The van der Waals surface area contributed by atoms with Gasteiger partial charge in [0.25, 0.3) is 0 Å². The third-order valence-corrected chi connectivity index (χ3v) is 4.99. The molecular formula is C22H20OS. The fraction of sp³-hybridized carbons (Fsp3) is 0.136. The van der Waals surface area contributed by atoms with Gasteiger partial charge in [0, 0.05) is 23.0 Å². The summed E-state index contributed by atoms with van der Waals surface area (Å²) in [5, 5.41) is 0. The van der Waals surface area contributed by atoms with Crippen LogP contribution in [0.2, 0.25) is 0 Å². The quantitative estimate of drug-likeness (QED) is 0.244. The van der Waals surface area contributed by atoms with Crippen molar-refractivity contribution in [3.8, 4) is 0 Å². The molecule has 0 fully saturated rings. The molecule has 3 aromatic carbocycles. The minimum atomic E-state index is 0.221. The molecule has 24 heavy (non-hydrogen) atoms. The molecule has 0 unspecified atom stereocenters. The van der Waals surface area contributed by atoms with Crippen molar-refractivity contribution in [1.82, 2.24) is 0 Å². The molecule has 120 valence electrons. The molecule has 0 saturated carbocycles. The Hall–Kier alpha value is -2.32. The second-order valence-electron chi connectivity index (χ2n) is 5.63. The van der Waals surface area contributed by atoms with E-state index in [-0.39, 0.29) is 5.92 Å². The Morgan fingerprint density at radius 1 is 0.750 bits per heavy atom. The van der Waals surface area contributed by atoms with Gasteiger partial charge in [0.15, 0.2) is 0 Å². The molecule has 3 aromatic rings. The van der Waals surface area contributed by atoms with Crippen LogP contribution in [0.4, 0.5) is 0 Å². The van der Waals surface area contributed by atoms with Gasteiger partial charge in [-0.3, -0.25) is 0 Å². The van der Waals surface area contributed by atoms with Crippen LogP contribution in [0.15, 0.2) is 89.8 Å². The summed E-state index contributed by atoms with van der Waals surface area (Å²) in [5.41, 5.74) is 3.86. The predicted octanol–water partition coefficient (Wildman–Crippen LogP) is 5.55. The van der Waals surface area contributed by atoms with E-state index >= 15 is 0 Å². The Kier molecular flexibility index (Phi) is 5.86. The fourth-order valence-corrected chi connectivity index (χ4v) is 3.72. The molecule has 3 rings (SSSR count). The molecule has 0 spiro atoms. The van der Waals surface area contributed by atoms with Gasteiger partial charge in [-0.25, -0.2) is 0 Å². The van der Waals surface area contributed by atoms with E-state index in [1.807, 2.05) is 0 Å². The minimum absolute atomic E-state index is 0.221. The molecule has 2 heteroatoms. The zero-order chi connectivity index (χ0) is 16.6. The number of carbonyl (C=O) groups is 1. The molecule has 0 aliphatic rings. The Labute approximate surface area is 147 Å². The summed E-state index contributed by atoms with van der Waals surface area (Å²) in [6.45, 7) is 0. The van der Waals surface area contributed by atoms with Gasteiger partial charge in [0.2, 0.25) is 0 Å². The summed E-state index contributed by atoms with van der Waals surface area (Å²) < 4.78 is 0. The van der Waals surface area contributed by atoms with E-state index in [0.717, 1.165) is 12.0 Å². The smallest absolute Gasteiger partial charge is 0.120 e. The molecule has 0 bridgehead atoms. The average molecular weight is 332 g/mol. The molecule has 0 aliphatic heterocycles. The van der Waals surface area contributed by atoms with E-state index in [4.69, 9.17) is 0 Å². The fourth-order valence-electron chi connectivity index (χ4n) is 2.88. The number of hydrogen-bond acceptors (Lipinski definition) is 2. The highest BCUT2D eigenvalue weighted by atomic mass is 32.2. The number of hydrogen-bond donors (Lipinski definition) is 0. The van der Waals surface area contributed by atoms with Gasteiger partial charge in [-0.2, -0.15) is 0 Å². The van der Waals surface area contributed by atoms with Crippen LogP contribution < -0.4 is 0 Å². The summed E-state index contributed by atoms with van der Waals surface area (Å²) in [4.78, 5) is 11.7. The summed E-state index contributed by atoms with van der Waals surface area (Å²) in [5.74, 6) is 1.05. The SMILES string of the molecule is O=CCCSc1cccc(C(c2ccccc2)c2ccccc2)c1. The third-order valence-electron chi connectivity index (χ3n) is 3.96. The zero-order valence-electron chi connectivity index (χ0n) is 13.5. The van der Waals surface area contributed by atoms with Crippen LogP contribution in [0.3, 0.4) is 0 Å². The largest absolute Gasteiger partial charge is 0.303 e. The van der Waals surface area contributed by atoms with Crippen molar-refractivity contribution in [3.05, 3.63) is 102 Å². The van der Waals surface area contributed by atoms with E-state index in [2.05, 4.69) is 84.9 Å². The molecule has 0 heterocycles. The molecule has 0 aliphatic carbocycles. The number of carbonyl (C=O) groups excluding carboxylic acids is 1. The number of thioether (sulfide) groups is 1. The van der Waals surface area contributed by atoms with Crippen molar-refractivity contribution in [1.29, 1.82) is 0 Å². The van der Waals surface area contributed by atoms with Crippen molar-refractivity contribution in [3.63, 3.8) is 0 Å². The van der Waals surface area contributed by atoms with Crippen molar-refractivity contribution < 1.29 is 4.79 Å². The van der Waals surface area contributed by atoms with Crippen LogP contribution in [0.5, 0.6) is 0 Å². The van der Waals surface area contributed by atoms with Gasteiger partial charge in [-0.15, -0.1) is 11.8 Å². The van der Waals surface area contributed by atoms with Crippen LogP contribution in [-0.2, 0) is 4.79 Å². The first-order chi connectivity index (χ1) is 11.9. The monoisotopic (exact) mass is 332 g/mol. The summed E-state index contributed by atoms with van der Waals surface area (Å²) in [7, 11) is 0. The van der Waals surface area contributed by atoms with Crippen LogP contribution in [0.25, 0.3) is 0 Å². The van der Waals surface area contributed by atoms with Gasteiger partial charge >= 0.3 is 0 Å². The topological polar surface area (TPSA) is 17.1 Å². The van der Waals surface area contributed by atoms with Crippen molar-refractivity contribution in [2.75, 3.05) is 5.75 Å². The van der Waals surface area contributed by atoms with E-state index in [9.17, 15) is 4.79 Å². The molecule has 0 saturated heterocycles. The molecule has 0 radical (unpaired) electrons. The van der Waals surface area contributed by atoms with E-state index in [1.165, 1.54) is 21.6 Å². The number of rotatable bonds is 7. The van der Waals surface area contributed by atoms with Crippen LogP contribution in [0.1, 0.15) is 29.0 Å². The number of aldehydes is 1. The highest BCUT2D eigenvalue weighted by molar-refractivity contribution is 7.99. The second kappa shape index (κ2) is 8.51. The van der Waals surface area contributed by atoms with Gasteiger partial charge in [0.05, 0.1) is 0 Å². The molecule has 0 amide bonds. The van der Waals surface area contributed by atoms with Crippen molar-refractivity contribution >= 4 is 18.0 Å². The van der Waals surface area contributed by atoms with Gasteiger partial charge in [-0.1, -0.05) is 72.8 Å². The van der Waals surface area contributed by atoms with E-state index in [0.29, 0.717) is 6.42 Å². The molecular weight excluding hydrogens is 312 g/mol. The molecule has 1 nitrogen and oxygen atoms in total. The lowest BCUT2D eigenvalue weighted by molar-refractivity contribution is -0.107. The lowest BCUT2D eigenvalue weighted by atomic mass is 9.85. The standard InChI is InChI=1S/C22H20OS/c23-15-8-16-24-21-14-7-13-20(17-21)22(18-9-3-1-4-10-18)19-11-5-2-6-12-19/h1-7,9-15,17,22H,8,16H2. The van der Waals surface area contributed by atoms with Gasteiger partial charge in [0.1, 0.15) is 6.29 Å². The Morgan fingerprint density at radius 3 is 1.92 bits per heavy atom. The van der Waals surface area contributed by atoms with Gasteiger partial charge in [-0.05, 0) is 28.8 Å². The van der Waals surface area contributed by atoms with Crippen molar-refractivity contribution in [2.45, 2.75) is 17.2 Å². The maximum absolute atomic E-state index is 10.5. The first-order valence-electron chi connectivity index (χ1n) is 8.15. The van der Waals surface area contributed by atoms with Crippen LogP contribution >= 0.6 is 11.8 Å². The highest BCUT2D eigenvalue weighted by Crippen LogP contribution is 2.33. The Bertz CT molecular complexity index is 729. The highest BCUT2D eigenvalue weighted by Gasteiger charge is 2.16. The third kappa shape index (κ3) is 4.15. The maximum Gasteiger partial charge on any atom is 0.120 e. The van der Waals surface area contributed by atoms with E-state index in [1.54, 1.807) is 11.8 Å². The van der Waals surface area contributed by atoms with Gasteiger partial charge < -0.3 is 4.79 Å². The summed E-state index contributed by atoms with van der Waals surface area (Å²) in [6.07, 6.45) is 1.57. The molecule has 0 aromatic heterocycles. The van der Waals surface area contributed by atoms with Crippen LogP contribution in [0, 0.1) is 0 Å². The zero-order valence-corrected chi connectivity index (χ0v) is 14.3. The van der Waals surface area contributed by atoms with E-state index < -0.39 is 0 Å².